The molecule has 2 aromatic carbocycles. The first-order chi connectivity index (χ1) is 10.3. The fourth-order valence-corrected chi connectivity index (χ4v) is 2.35. The summed E-state index contributed by atoms with van der Waals surface area (Å²) in [6.07, 6.45) is 0.0950. The minimum absolute atomic E-state index is 0.0950. The first kappa shape index (κ1) is 13.8. The van der Waals surface area contributed by atoms with E-state index in [1.54, 1.807) is 12.1 Å². The highest BCUT2D eigenvalue weighted by molar-refractivity contribution is 6.04. The Bertz CT molecular complexity index is 590. The molecule has 21 heavy (non-hydrogen) atoms. The molecule has 108 valence electrons. The molecule has 2 N–H and O–H groups in total. The average molecular weight is 282 g/mol. The Labute approximate surface area is 124 Å². The molecule has 3 rings (SSSR count). The number of ether oxygens (including phenoxy) is 1. The largest absolute Gasteiger partial charge is 0.371 e. The van der Waals surface area contributed by atoms with E-state index in [-0.39, 0.29) is 12.0 Å². The molecule has 0 aromatic heterocycles. The highest BCUT2D eigenvalue weighted by Crippen LogP contribution is 2.21. The van der Waals surface area contributed by atoms with Crippen molar-refractivity contribution in [1.29, 1.82) is 0 Å². The summed E-state index contributed by atoms with van der Waals surface area (Å²) in [7, 11) is 0. The maximum Gasteiger partial charge on any atom is 0.255 e. The molecule has 1 heterocycles. The van der Waals surface area contributed by atoms with Crippen molar-refractivity contribution in [3.05, 3.63) is 65.7 Å². The van der Waals surface area contributed by atoms with Crippen molar-refractivity contribution in [3.63, 3.8) is 0 Å². The van der Waals surface area contributed by atoms with Crippen molar-refractivity contribution in [2.24, 2.45) is 0 Å². The Morgan fingerprint density at radius 3 is 2.52 bits per heavy atom. The summed E-state index contributed by atoms with van der Waals surface area (Å²) in [5.74, 6) is -0.0982. The topological polar surface area (TPSA) is 50.4 Å². The van der Waals surface area contributed by atoms with E-state index in [2.05, 4.69) is 10.6 Å². The lowest BCUT2D eigenvalue weighted by Crippen LogP contribution is -2.33. The molecule has 4 nitrogen and oxygen atoms in total. The molecule has 0 aliphatic carbocycles. The Morgan fingerprint density at radius 2 is 1.86 bits per heavy atom. The summed E-state index contributed by atoms with van der Waals surface area (Å²) < 4.78 is 5.70. The number of hydrogen-bond donors (Lipinski definition) is 2. The minimum Gasteiger partial charge on any atom is -0.371 e. The van der Waals surface area contributed by atoms with Crippen molar-refractivity contribution in [2.75, 3.05) is 25.0 Å². The first-order valence-corrected chi connectivity index (χ1v) is 7.11. The van der Waals surface area contributed by atoms with Crippen LogP contribution in [-0.2, 0) is 4.74 Å². The van der Waals surface area contributed by atoms with Gasteiger partial charge in [-0.2, -0.15) is 0 Å². The quantitative estimate of drug-likeness (QED) is 0.910. The van der Waals surface area contributed by atoms with Crippen molar-refractivity contribution >= 4 is 11.6 Å². The van der Waals surface area contributed by atoms with Crippen LogP contribution in [0.5, 0.6) is 0 Å². The van der Waals surface area contributed by atoms with Gasteiger partial charge in [-0.05, 0) is 29.8 Å². The van der Waals surface area contributed by atoms with E-state index >= 15 is 0 Å². The summed E-state index contributed by atoms with van der Waals surface area (Å²) in [6.45, 7) is 2.47. The van der Waals surface area contributed by atoms with Gasteiger partial charge in [0.15, 0.2) is 0 Å². The zero-order valence-electron chi connectivity index (χ0n) is 11.7. The molecular formula is C17H18N2O2. The normalized spacial score (nSPS) is 18.2. The number of carbonyl (C=O) groups is 1. The summed E-state index contributed by atoms with van der Waals surface area (Å²) >= 11 is 0. The molecule has 1 aliphatic heterocycles. The van der Waals surface area contributed by atoms with Gasteiger partial charge in [-0.3, -0.25) is 4.79 Å². The number of morpholine rings is 1. The van der Waals surface area contributed by atoms with Crippen LogP contribution in [0.25, 0.3) is 0 Å². The monoisotopic (exact) mass is 282 g/mol. The van der Waals surface area contributed by atoms with E-state index in [0.717, 1.165) is 30.9 Å². The standard InChI is InChI=1S/C17H18N2O2/c20-17(14-4-2-1-3-5-14)19-15-8-6-13(7-9-15)16-12-18-10-11-21-16/h1-9,16,18H,10-12H2,(H,19,20)/t16-/m1/s1. The summed E-state index contributed by atoms with van der Waals surface area (Å²) in [6, 6.07) is 17.0. The Balaban J connectivity index is 1.65. The van der Waals surface area contributed by atoms with Crippen LogP contribution in [0.15, 0.2) is 54.6 Å². The van der Waals surface area contributed by atoms with Crippen molar-refractivity contribution in [2.45, 2.75) is 6.10 Å². The van der Waals surface area contributed by atoms with Crippen LogP contribution in [0.2, 0.25) is 0 Å². The number of carbonyl (C=O) groups excluding carboxylic acids is 1. The first-order valence-electron chi connectivity index (χ1n) is 7.11. The number of benzene rings is 2. The summed E-state index contributed by atoms with van der Waals surface area (Å²) in [5, 5.41) is 6.20. The van der Waals surface area contributed by atoms with Gasteiger partial charge in [0.1, 0.15) is 0 Å². The molecule has 2 aromatic rings. The molecule has 0 saturated carbocycles. The highest BCUT2D eigenvalue weighted by Gasteiger charge is 2.15. The zero-order chi connectivity index (χ0) is 14.5. The van der Waals surface area contributed by atoms with Gasteiger partial charge < -0.3 is 15.4 Å². The Hall–Kier alpha value is -2.17. The number of rotatable bonds is 3. The molecular weight excluding hydrogens is 264 g/mol. The molecule has 0 unspecified atom stereocenters. The maximum absolute atomic E-state index is 12.1. The van der Waals surface area contributed by atoms with E-state index < -0.39 is 0 Å². The maximum atomic E-state index is 12.1. The fourth-order valence-electron chi connectivity index (χ4n) is 2.35. The predicted molar refractivity (Wildman–Crippen MR) is 82.4 cm³/mol. The molecule has 0 bridgehead atoms. The summed E-state index contributed by atoms with van der Waals surface area (Å²) in [4.78, 5) is 12.1. The van der Waals surface area contributed by atoms with Gasteiger partial charge in [-0.15, -0.1) is 0 Å². The van der Waals surface area contributed by atoms with Crippen LogP contribution in [0.1, 0.15) is 22.0 Å². The summed E-state index contributed by atoms with van der Waals surface area (Å²) in [5.41, 5.74) is 2.57. The predicted octanol–water partition coefficient (Wildman–Crippen LogP) is 2.60. The van der Waals surface area contributed by atoms with E-state index in [0.29, 0.717) is 5.56 Å². The second kappa shape index (κ2) is 6.52. The lowest BCUT2D eigenvalue weighted by atomic mass is 10.1. The molecule has 1 amide bonds. The van der Waals surface area contributed by atoms with Crippen LogP contribution in [0.4, 0.5) is 5.69 Å². The molecule has 4 heteroatoms. The molecule has 1 fully saturated rings. The Kier molecular flexibility index (Phi) is 4.28. The third-order valence-electron chi connectivity index (χ3n) is 3.50. The molecule has 0 spiro atoms. The number of anilines is 1. The van der Waals surface area contributed by atoms with Crippen molar-refractivity contribution in [1.82, 2.24) is 5.32 Å². The Morgan fingerprint density at radius 1 is 1.10 bits per heavy atom. The van der Waals surface area contributed by atoms with Gasteiger partial charge >= 0.3 is 0 Å². The van der Waals surface area contributed by atoms with Gasteiger partial charge in [0.2, 0.25) is 0 Å². The van der Waals surface area contributed by atoms with Crippen LogP contribution in [0, 0.1) is 0 Å². The molecule has 1 atom stereocenters. The van der Waals surface area contributed by atoms with Crippen LogP contribution in [-0.4, -0.2) is 25.6 Å². The third-order valence-corrected chi connectivity index (χ3v) is 3.50. The third kappa shape index (κ3) is 3.48. The lowest BCUT2D eigenvalue weighted by Gasteiger charge is -2.24. The second-order valence-corrected chi connectivity index (χ2v) is 5.01. The molecule has 1 saturated heterocycles. The zero-order valence-corrected chi connectivity index (χ0v) is 11.7. The SMILES string of the molecule is O=C(Nc1ccc([C@H]2CNCCO2)cc1)c1ccccc1. The fraction of sp³-hybridized carbons (Fsp3) is 0.235. The van der Waals surface area contributed by atoms with Crippen LogP contribution >= 0.6 is 0 Å². The van der Waals surface area contributed by atoms with Gasteiger partial charge in [-0.25, -0.2) is 0 Å². The number of hydrogen-bond acceptors (Lipinski definition) is 3. The van der Waals surface area contributed by atoms with Gasteiger partial charge in [0, 0.05) is 24.3 Å². The minimum atomic E-state index is -0.0982. The highest BCUT2D eigenvalue weighted by atomic mass is 16.5. The van der Waals surface area contributed by atoms with Crippen LogP contribution < -0.4 is 10.6 Å². The van der Waals surface area contributed by atoms with Gasteiger partial charge in [-0.1, -0.05) is 30.3 Å². The van der Waals surface area contributed by atoms with Crippen LogP contribution in [0.3, 0.4) is 0 Å². The smallest absolute Gasteiger partial charge is 0.255 e. The average Bonchev–Trinajstić information content (AvgIpc) is 2.57. The number of nitrogens with one attached hydrogen (secondary N) is 2. The van der Waals surface area contributed by atoms with Crippen molar-refractivity contribution in [3.8, 4) is 0 Å². The van der Waals surface area contributed by atoms with E-state index in [1.165, 1.54) is 0 Å². The van der Waals surface area contributed by atoms with Gasteiger partial charge in [0.25, 0.3) is 5.91 Å². The molecule has 1 aliphatic rings. The van der Waals surface area contributed by atoms with Crippen molar-refractivity contribution < 1.29 is 9.53 Å². The number of amides is 1. The van der Waals surface area contributed by atoms with Gasteiger partial charge in [0.05, 0.1) is 12.7 Å². The second-order valence-electron chi connectivity index (χ2n) is 5.01. The van der Waals surface area contributed by atoms with E-state index in [4.69, 9.17) is 4.74 Å². The van der Waals surface area contributed by atoms with E-state index in [9.17, 15) is 4.79 Å². The van der Waals surface area contributed by atoms with E-state index in [1.807, 2.05) is 42.5 Å². The lowest BCUT2D eigenvalue weighted by molar-refractivity contribution is 0.0277. The molecule has 0 radical (unpaired) electrons.